The summed E-state index contributed by atoms with van der Waals surface area (Å²) in [6, 6.07) is 9.20. The number of hydrogen-bond acceptors (Lipinski definition) is 0. The molecule has 0 aliphatic rings. The summed E-state index contributed by atoms with van der Waals surface area (Å²) in [6.07, 6.45) is 5.23. The van der Waals surface area contributed by atoms with E-state index in [0.717, 1.165) is 5.92 Å². The first kappa shape index (κ1) is 13.3. The van der Waals surface area contributed by atoms with Crippen molar-refractivity contribution in [3.05, 3.63) is 35.4 Å². The van der Waals surface area contributed by atoms with Crippen LogP contribution in [0.15, 0.2) is 24.3 Å². The van der Waals surface area contributed by atoms with E-state index in [2.05, 4.69) is 52.0 Å². The minimum absolute atomic E-state index is 0.642. The Morgan fingerprint density at radius 3 is 2.00 bits per heavy atom. The van der Waals surface area contributed by atoms with Gasteiger partial charge in [0.25, 0.3) is 0 Å². The molecule has 0 unspecified atom stereocenters. The van der Waals surface area contributed by atoms with E-state index < -0.39 is 0 Å². The first-order chi connectivity index (χ1) is 7.69. The zero-order chi connectivity index (χ0) is 12.0. The Morgan fingerprint density at radius 2 is 1.50 bits per heavy atom. The van der Waals surface area contributed by atoms with Crippen molar-refractivity contribution in [2.45, 2.75) is 65.2 Å². The molecule has 16 heavy (non-hydrogen) atoms. The van der Waals surface area contributed by atoms with Crippen LogP contribution in [-0.2, 0) is 0 Å². The van der Waals surface area contributed by atoms with Gasteiger partial charge >= 0.3 is 0 Å². The fraction of sp³-hybridized carbons (Fsp3) is 0.625. The Balaban J connectivity index is 2.86. The molecule has 1 aromatic carbocycles. The maximum absolute atomic E-state index is 2.42. The largest absolute Gasteiger partial charge is 0.0654 e. The quantitative estimate of drug-likeness (QED) is 0.592. The second-order valence-electron chi connectivity index (χ2n) is 5.10. The van der Waals surface area contributed by atoms with Crippen molar-refractivity contribution in [1.29, 1.82) is 0 Å². The van der Waals surface area contributed by atoms with Crippen LogP contribution < -0.4 is 0 Å². The van der Waals surface area contributed by atoms with Crippen LogP contribution in [0.2, 0.25) is 0 Å². The molecule has 0 atom stereocenters. The van der Waals surface area contributed by atoms with E-state index in [1.807, 2.05) is 0 Å². The molecule has 0 nitrogen and oxygen atoms in total. The third-order valence-corrected chi connectivity index (χ3v) is 3.32. The van der Waals surface area contributed by atoms with E-state index in [1.165, 1.54) is 31.2 Å². The molecule has 0 radical (unpaired) electrons. The van der Waals surface area contributed by atoms with Gasteiger partial charge in [0.1, 0.15) is 0 Å². The predicted molar refractivity (Wildman–Crippen MR) is 73.1 cm³/mol. The topological polar surface area (TPSA) is 0 Å². The van der Waals surface area contributed by atoms with Gasteiger partial charge in [-0.15, -0.1) is 0 Å². The van der Waals surface area contributed by atoms with Crippen molar-refractivity contribution in [2.75, 3.05) is 0 Å². The summed E-state index contributed by atoms with van der Waals surface area (Å²) in [5.74, 6) is 1.41. The lowest BCUT2D eigenvalue weighted by Crippen LogP contribution is -1.99. The molecule has 0 fully saturated rings. The number of rotatable bonds is 6. The van der Waals surface area contributed by atoms with Crippen molar-refractivity contribution in [3.63, 3.8) is 0 Å². The maximum Gasteiger partial charge on any atom is -0.0162 e. The highest BCUT2D eigenvalue weighted by Crippen LogP contribution is 2.28. The highest BCUT2D eigenvalue weighted by Gasteiger charge is 2.10. The molecule has 0 aromatic heterocycles. The molecule has 0 saturated carbocycles. The van der Waals surface area contributed by atoms with Gasteiger partial charge in [-0.2, -0.15) is 0 Å². The van der Waals surface area contributed by atoms with Gasteiger partial charge < -0.3 is 0 Å². The summed E-state index contributed by atoms with van der Waals surface area (Å²) in [5, 5.41) is 0. The zero-order valence-electron chi connectivity index (χ0n) is 11.3. The normalized spacial score (nSPS) is 11.4. The number of hydrogen-bond donors (Lipinski definition) is 0. The van der Waals surface area contributed by atoms with Crippen LogP contribution in [0.5, 0.6) is 0 Å². The second-order valence-corrected chi connectivity index (χ2v) is 5.10. The SMILES string of the molecule is CCCC(CCC)c1cccc(C(C)C)c1. The average molecular weight is 218 g/mol. The molecule has 0 aliphatic heterocycles. The lowest BCUT2D eigenvalue weighted by atomic mass is 9.88. The Labute approximate surface area is 101 Å². The fourth-order valence-electron chi connectivity index (χ4n) is 2.35. The third kappa shape index (κ3) is 3.66. The van der Waals surface area contributed by atoms with Gasteiger partial charge in [0.05, 0.1) is 0 Å². The van der Waals surface area contributed by atoms with Gasteiger partial charge in [0, 0.05) is 0 Å². The van der Waals surface area contributed by atoms with Crippen LogP contribution in [-0.4, -0.2) is 0 Å². The van der Waals surface area contributed by atoms with Crippen LogP contribution >= 0.6 is 0 Å². The van der Waals surface area contributed by atoms with E-state index >= 15 is 0 Å². The molecular formula is C16H26. The number of benzene rings is 1. The van der Waals surface area contributed by atoms with Crippen LogP contribution in [0.3, 0.4) is 0 Å². The molecule has 0 aliphatic carbocycles. The average Bonchev–Trinajstić information content (AvgIpc) is 2.29. The van der Waals surface area contributed by atoms with E-state index in [-0.39, 0.29) is 0 Å². The van der Waals surface area contributed by atoms with E-state index in [9.17, 15) is 0 Å². The molecule has 0 N–H and O–H groups in total. The third-order valence-electron chi connectivity index (χ3n) is 3.32. The van der Waals surface area contributed by atoms with E-state index in [0.29, 0.717) is 5.92 Å². The molecule has 0 heterocycles. The van der Waals surface area contributed by atoms with Gasteiger partial charge in [0.15, 0.2) is 0 Å². The molecule has 0 heteroatoms. The lowest BCUT2D eigenvalue weighted by molar-refractivity contribution is 0.560. The summed E-state index contributed by atoms with van der Waals surface area (Å²) >= 11 is 0. The molecule has 90 valence electrons. The van der Waals surface area contributed by atoms with E-state index in [1.54, 1.807) is 5.56 Å². The molecule has 1 rings (SSSR count). The van der Waals surface area contributed by atoms with Gasteiger partial charge in [0.2, 0.25) is 0 Å². The smallest absolute Gasteiger partial charge is 0.0162 e. The Bertz CT molecular complexity index is 293. The Morgan fingerprint density at radius 1 is 0.938 bits per heavy atom. The second kappa shape index (κ2) is 6.73. The summed E-state index contributed by atoms with van der Waals surface area (Å²) in [5.41, 5.74) is 3.03. The monoisotopic (exact) mass is 218 g/mol. The molecule has 1 aromatic rings. The van der Waals surface area contributed by atoms with Crippen molar-refractivity contribution in [1.82, 2.24) is 0 Å². The van der Waals surface area contributed by atoms with E-state index in [4.69, 9.17) is 0 Å². The Kier molecular flexibility index (Phi) is 5.59. The van der Waals surface area contributed by atoms with Crippen LogP contribution in [0.1, 0.15) is 76.3 Å². The molecule has 0 amide bonds. The first-order valence-corrected chi connectivity index (χ1v) is 6.78. The van der Waals surface area contributed by atoms with Crippen molar-refractivity contribution in [3.8, 4) is 0 Å². The molecule has 0 spiro atoms. The lowest BCUT2D eigenvalue weighted by Gasteiger charge is -2.17. The minimum Gasteiger partial charge on any atom is -0.0654 e. The summed E-state index contributed by atoms with van der Waals surface area (Å²) in [6.45, 7) is 9.12. The van der Waals surface area contributed by atoms with Crippen molar-refractivity contribution in [2.24, 2.45) is 0 Å². The van der Waals surface area contributed by atoms with Crippen LogP contribution in [0.4, 0.5) is 0 Å². The Hall–Kier alpha value is -0.780. The molecular weight excluding hydrogens is 192 g/mol. The van der Waals surface area contributed by atoms with Gasteiger partial charge in [-0.3, -0.25) is 0 Å². The molecule has 0 saturated heterocycles. The summed E-state index contributed by atoms with van der Waals surface area (Å²) < 4.78 is 0. The van der Waals surface area contributed by atoms with Crippen molar-refractivity contribution < 1.29 is 0 Å². The summed E-state index contributed by atoms with van der Waals surface area (Å²) in [4.78, 5) is 0. The van der Waals surface area contributed by atoms with Crippen LogP contribution in [0, 0.1) is 0 Å². The summed E-state index contributed by atoms with van der Waals surface area (Å²) in [7, 11) is 0. The van der Waals surface area contributed by atoms with Crippen molar-refractivity contribution >= 4 is 0 Å². The fourth-order valence-corrected chi connectivity index (χ4v) is 2.35. The zero-order valence-corrected chi connectivity index (χ0v) is 11.3. The van der Waals surface area contributed by atoms with Gasteiger partial charge in [-0.25, -0.2) is 0 Å². The van der Waals surface area contributed by atoms with Gasteiger partial charge in [-0.05, 0) is 35.8 Å². The standard InChI is InChI=1S/C16H26/c1-5-8-14(9-6-2)16-11-7-10-15(12-16)13(3)4/h7,10-14H,5-6,8-9H2,1-4H3. The highest BCUT2D eigenvalue weighted by molar-refractivity contribution is 5.28. The molecule has 0 bridgehead atoms. The van der Waals surface area contributed by atoms with Crippen LogP contribution in [0.25, 0.3) is 0 Å². The predicted octanol–water partition coefficient (Wildman–Crippen LogP) is 5.49. The van der Waals surface area contributed by atoms with Gasteiger partial charge in [-0.1, -0.05) is 64.8 Å². The first-order valence-electron chi connectivity index (χ1n) is 6.78. The minimum atomic E-state index is 0.642. The maximum atomic E-state index is 2.42. The highest BCUT2D eigenvalue weighted by atomic mass is 14.2.